The van der Waals surface area contributed by atoms with E-state index in [1.807, 2.05) is 60.7 Å². The molecule has 0 aliphatic rings. The molecule has 0 spiro atoms. The number of carbonyl (C=O) groups excluding carboxylic acids is 1. The van der Waals surface area contributed by atoms with Crippen LogP contribution >= 0.6 is 0 Å². The summed E-state index contributed by atoms with van der Waals surface area (Å²) < 4.78 is 5.37. The predicted octanol–water partition coefficient (Wildman–Crippen LogP) is 3.72. The number of benzene rings is 2. The van der Waals surface area contributed by atoms with Gasteiger partial charge in [-0.2, -0.15) is 0 Å². The highest BCUT2D eigenvalue weighted by molar-refractivity contribution is 5.68. The van der Waals surface area contributed by atoms with E-state index in [9.17, 15) is 15.0 Å². The second-order valence-electron chi connectivity index (χ2n) is 8.48. The molecule has 2 rings (SSSR count). The minimum Gasteiger partial charge on any atom is -0.444 e. The van der Waals surface area contributed by atoms with Gasteiger partial charge in [0.25, 0.3) is 0 Å². The quantitative estimate of drug-likeness (QED) is 0.600. The van der Waals surface area contributed by atoms with E-state index in [2.05, 4.69) is 5.32 Å². The molecule has 2 aromatic rings. The molecule has 0 radical (unpaired) electrons. The lowest BCUT2D eigenvalue weighted by molar-refractivity contribution is 0.0373. The number of rotatable bonds is 9. The van der Waals surface area contributed by atoms with Crippen LogP contribution in [0.5, 0.6) is 0 Å². The van der Waals surface area contributed by atoms with Crippen molar-refractivity contribution in [2.75, 3.05) is 6.61 Å². The molecule has 2 aromatic carbocycles. The fourth-order valence-electron chi connectivity index (χ4n) is 3.29. The summed E-state index contributed by atoms with van der Waals surface area (Å²) in [7, 11) is 0. The summed E-state index contributed by atoms with van der Waals surface area (Å²) in [5.41, 5.74) is 1.50. The Morgan fingerprint density at radius 1 is 0.966 bits per heavy atom. The lowest BCUT2D eigenvalue weighted by Crippen LogP contribution is -2.47. The first kappa shape index (κ1) is 22.9. The van der Waals surface area contributed by atoms with Crippen LogP contribution in [0.1, 0.15) is 38.3 Å². The summed E-state index contributed by atoms with van der Waals surface area (Å²) in [6.45, 7) is 5.38. The van der Waals surface area contributed by atoms with Crippen LogP contribution in [0.25, 0.3) is 0 Å². The molecule has 0 saturated carbocycles. The third-order valence-corrected chi connectivity index (χ3v) is 4.67. The fourth-order valence-corrected chi connectivity index (χ4v) is 3.29. The first-order chi connectivity index (χ1) is 13.8. The Kier molecular flexibility index (Phi) is 8.68. The van der Waals surface area contributed by atoms with Crippen LogP contribution in [0, 0.1) is 5.92 Å². The third-order valence-electron chi connectivity index (χ3n) is 4.67. The Morgan fingerprint density at radius 3 is 1.97 bits per heavy atom. The van der Waals surface area contributed by atoms with E-state index >= 15 is 0 Å². The zero-order valence-corrected chi connectivity index (χ0v) is 17.5. The third kappa shape index (κ3) is 8.67. The number of hydrogen-bond acceptors (Lipinski definition) is 4. The molecule has 5 heteroatoms. The Hall–Kier alpha value is -2.37. The molecular formula is C24H33NO4. The van der Waals surface area contributed by atoms with Crippen molar-refractivity contribution in [3.8, 4) is 0 Å². The van der Waals surface area contributed by atoms with Gasteiger partial charge in [0, 0.05) is 6.61 Å². The standard InChI is InChI=1S/C24H33NO4/c1-24(2,3)29-23(28)25-21(15-19-12-8-5-9-13-19)22(27)16-20(17-26)14-18-10-6-4-7-11-18/h4-13,20-22,26-27H,14-17H2,1-3H3,(H,25,28)/t20-,21+,22+/m1/s1. The minimum absolute atomic E-state index is 0.0313. The van der Waals surface area contributed by atoms with Crippen molar-refractivity contribution >= 4 is 6.09 Å². The van der Waals surface area contributed by atoms with Crippen LogP contribution in [0.15, 0.2) is 60.7 Å². The van der Waals surface area contributed by atoms with Crippen molar-refractivity contribution in [2.45, 2.75) is 57.8 Å². The van der Waals surface area contributed by atoms with E-state index in [-0.39, 0.29) is 12.5 Å². The van der Waals surface area contributed by atoms with E-state index in [1.54, 1.807) is 20.8 Å². The number of ether oxygens (including phenoxy) is 1. The summed E-state index contributed by atoms with van der Waals surface area (Å²) >= 11 is 0. The highest BCUT2D eigenvalue weighted by atomic mass is 16.6. The van der Waals surface area contributed by atoms with Crippen molar-refractivity contribution in [1.29, 1.82) is 0 Å². The Bertz CT molecular complexity index is 728. The maximum Gasteiger partial charge on any atom is 0.407 e. The first-order valence-corrected chi connectivity index (χ1v) is 10.1. The molecular weight excluding hydrogens is 366 g/mol. The predicted molar refractivity (Wildman–Crippen MR) is 115 cm³/mol. The van der Waals surface area contributed by atoms with Crippen LogP contribution < -0.4 is 5.32 Å². The molecule has 0 heterocycles. The molecule has 5 nitrogen and oxygen atoms in total. The summed E-state index contributed by atoms with van der Waals surface area (Å²) in [6, 6.07) is 19.1. The molecule has 29 heavy (non-hydrogen) atoms. The number of amides is 1. The average Bonchev–Trinajstić information content (AvgIpc) is 2.67. The fraction of sp³-hybridized carbons (Fsp3) is 0.458. The second-order valence-corrected chi connectivity index (χ2v) is 8.48. The van der Waals surface area contributed by atoms with Gasteiger partial charge in [-0.3, -0.25) is 0 Å². The summed E-state index contributed by atoms with van der Waals surface area (Å²) in [5.74, 6) is -0.105. The number of hydrogen-bond donors (Lipinski definition) is 3. The van der Waals surface area contributed by atoms with Crippen LogP contribution in [-0.4, -0.2) is 40.7 Å². The van der Waals surface area contributed by atoms with Gasteiger partial charge in [0.05, 0.1) is 12.1 Å². The molecule has 0 fully saturated rings. The van der Waals surface area contributed by atoms with E-state index < -0.39 is 23.8 Å². The Balaban J connectivity index is 2.07. The molecule has 1 amide bonds. The lowest BCUT2D eigenvalue weighted by Gasteiger charge is -2.28. The average molecular weight is 400 g/mol. The Morgan fingerprint density at radius 2 is 1.48 bits per heavy atom. The van der Waals surface area contributed by atoms with Gasteiger partial charge in [-0.05, 0) is 57.1 Å². The molecule has 0 unspecified atom stereocenters. The van der Waals surface area contributed by atoms with Gasteiger partial charge in [0.1, 0.15) is 5.60 Å². The summed E-state index contributed by atoms with van der Waals surface area (Å²) in [4.78, 5) is 12.3. The molecule has 0 aliphatic carbocycles. The highest BCUT2D eigenvalue weighted by Crippen LogP contribution is 2.18. The van der Waals surface area contributed by atoms with E-state index in [4.69, 9.17) is 4.74 Å². The van der Waals surface area contributed by atoms with Crippen LogP contribution in [0.3, 0.4) is 0 Å². The minimum atomic E-state index is -0.816. The molecule has 0 aliphatic heterocycles. The molecule has 3 atom stereocenters. The number of aliphatic hydroxyl groups excluding tert-OH is 2. The normalized spacial score (nSPS) is 14.7. The molecule has 158 valence electrons. The first-order valence-electron chi connectivity index (χ1n) is 10.1. The zero-order valence-electron chi connectivity index (χ0n) is 17.5. The molecule has 0 saturated heterocycles. The van der Waals surface area contributed by atoms with E-state index in [1.165, 1.54) is 0 Å². The number of aliphatic hydroxyl groups is 2. The Labute approximate surface area is 173 Å². The largest absolute Gasteiger partial charge is 0.444 e. The van der Waals surface area contributed by atoms with Crippen molar-refractivity contribution in [3.63, 3.8) is 0 Å². The maximum absolute atomic E-state index is 12.3. The number of alkyl carbamates (subject to hydrolysis) is 1. The van der Waals surface area contributed by atoms with Gasteiger partial charge >= 0.3 is 6.09 Å². The van der Waals surface area contributed by atoms with Gasteiger partial charge in [0.2, 0.25) is 0 Å². The van der Waals surface area contributed by atoms with Gasteiger partial charge in [-0.25, -0.2) is 4.79 Å². The van der Waals surface area contributed by atoms with Crippen molar-refractivity contribution in [2.24, 2.45) is 5.92 Å². The van der Waals surface area contributed by atoms with Gasteiger partial charge in [-0.15, -0.1) is 0 Å². The van der Waals surface area contributed by atoms with Gasteiger partial charge < -0.3 is 20.3 Å². The summed E-state index contributed by atoms with van der Waals surface area (Å²) in [5, 5.41) is 23.6. The van der Waals surface area contributed by atoms with E-state index in [0.29, 0.717) is 19.3 Å². The van der Waals surface area contributed by atoms with Crippen molar-refractivity contribution in [3.05, 3.63) is 71.8 Å². The highest BCUT2D eigenvalue weighted by Gasteiger charge is 2.27. The number of nitrogens with one attached hydrogen (secondary N) is 1. The van der Waals surface area contributed by atoms with Crippen LogP contribution in [0.2, 0.25) is 0 Å². The zero-order chi connectivity index (χ0) is 21.3. The summed E-state index contributed by atoms with van der Waals surface area (Å²) in [6.07, 6.45) is 0.146. The second kappa shape index (κ2) is 11.0. The van der Waals surface area contributed by atoms with Crippen LogP contribution in [0.4, 0.5) is 4.79 Å². The van der Waals surface area contributed by atoms with Crippen molar-refractivity contribution < 1.29 is 19.7 Å². The smallest absolute Gasteiger partial charge is 0.407 e. The number of carbonyl (C=O) groups is 1. The van der Waals surface area contributed by atoms with Gasteiger partial charge in [0.15, 0.2) is 0 Å². The lowest BCUT2D eigenvalue weighted by atomic mass is 9.90. The van der Waals surface area contributed by atoms with Crippen molar-refractivity contribution in [1.82, 2.24) is 5.32 Å². The molecule has 0 bridgehead atoms. The topological polar surface area (TPSA) is 78.8 Å². The monoisotopic (exact) mass is 399 g/mol. The SMILES string of the molecule is CC(C)(C)OC(=O)N[C@@H](Cc1ccccc1)[C@@H](O)C[C@H](CO)Cc1ccccc1. The van der Waals surface area contributed by atoms with Crippen LogP contribution in [-0.2, 0) is 17.6 Å². The molecule has 0 aromatic heterocycles. The molecule has 3 N–H and O–H groups in total. The van der Waals surface area contributed by atoms with E-state index in [0.717, 1.165) is 11.1 Å². The van der Waals surface area contributed by atoms with Gasteiger partial charge in [-0.1, -0.05) is 60.7 Å². The maximum atomic E-state index is 12.3.